The monoisotopic (exact) mass is 258 g/mol. The smallest absolute Gasteiger partial charge is 0.238 e. The second-order valence-corrected chi connectivity index (χ2v) is 4.93. The molecule has 0 fully saturated rings. The molecule has 3 N–H and O–H groups in total. The van der Waals surface area contributed by atoms with E-state index in [1.165, 1.54) is 32.4 Å². The van der Waals surface area contributed by atoms with E-state index < -0.39 is 10.0 Å². The summed E-state index contributed by atoms with van der Waals surface area (Å²) < 4.78 is 27.4. The fourth-order valence-electron chi connectivity index (χ4n) is 1.33. The van der Waals surface area contributed by atoms with Gasteiger partial charge in [0, 0.05) is 12.6 Å². The van der Waals surface area contributed by atoms with Gasteiger partial charge in [-0.2, -0.15) is 0 Å². The topological polar surface area (TPSA) is 98.5 Å². The third-order valence-electron chi connectivity index (χ3n) is 2.21. The van der Waals surface area contributed by atoms with Crippen LogP contribution in [0.3, 0.4) is 0 Å². The van der Waals surface area contributed by atoms with Crippen LogP contribution in [0.25, 0.3) is 0 Å². The molecule has 0 radical (unpaired) electrons. The number of ether oxygens (including phenoxy) is 1. The summed E-state index contributed by atoms with van der Waals surface area (Å²) in [4.78, 5) is 11.2. The fraction of sp³-hybridized carbons (Fsp3) is 0.300. The molecule has 1 aromatic carbocycles. The Morgan fingerprint density at radius 3 is 2.59 bits per heavy atom. The van der Waals surface area contributed by atoms with E-state index in [0.29, 0.717) is 11.3 Å². The number of carbonyl (C=O) groups excluding carboxylic acids is 1. The molecule has 94 valence electrons. The molecule has 0 unspecified atom stereocenters. The zero-order chi connectivity index (χ0) is 13.1. The predicted octanol–water partition coefficient (Wildman–Crippen LogP) is -0.369. The highest BCUT2D eigenvalue weighted by Crippen LogP contribution is 2.22. The van der Waals surface area contributed by atoms with Crippen LogP contribution in [-0.2, 0) is 21.2 Å². The number of sulfonamides is 1. The van der Waals surface area contributed by atoms with E-state index in [9.17, 15) is 13.2 Å². The predicted molar refractivity (Wildman–Crippen MR) is 62.1 cm³/mol. The van der Waals surface area contributed by atoms with Crippen LogP contribution >= 0.6 is 0 Å². The molecule has 7 heteroatoms. The van der Waals surface area contributed by atoms with Crippen molar-refractivity contribution in [3.8, 4) is 5.75 Å². The molecule has 0 aliphatic rings. The molecule has 0 saturated carbocycles. The lowest BCUT2D eigenvalue weighted by Crippen LogP contribution is -2.20. The average Bonchev–Trinajstić information content (AvgIpc) is 2.27. The van der Waals surface area contributed by atoms with Crippen molar-refractivity contribution < 1.29 is 17.9 Å². The van der Waals surface area contributed by atoms with E-state index in [-0.39, 0.29) is 17.2 Å². The van der Waals surface area contributed by atoms with Crippen molar-refractivity contribution in [2.75, 3.05) is 14.2 Å². The third kappa shape index (κ3) is 3.43. The van der Waals surface area contributed by atoms with E-state index in [1.807, 2.05) is 0 Å². The maximum Gasteiger partial charge on any atom is 0.238 e. The first kappa shape index (κ1) is 13.5. The van der Waals surface area contributed by atoms with Crippen LogP contribution in [0.1, 0.15) is 5.56 Å². The molecule has 0 saturated heterocycles. The number of carbonyl (C=O) groups is 1. The molecule has 0 aliphatic carbocycles. The number of rotatable bonds is 4. The molecule has 0 spiro atoms. The summed E-state index contributed by atoms with van der Waals surface area (Å²) in [5.41, 5.74) is 0.471. The van der Waals surface area contributed by atoms with Crippen molar-refractivity contribution in [3.63, 3.8) is 0 Å². The second-order valence-electron chi connectivity index (χ2n) is 3.37. The van der Waals surface area contributed by atoms with Gasteiger partial charge in [0.1, 0.15) is 5.75 Å². The minimum Gasteiger partial charge on any atom is -0.496 e. The average molecular weight is 258 g/mol. The first-order valence-electron chi connectivity index (χ1n) is 4.78. The summed E-state index contributed by atoms with van der Waals surface area (Å²) in [6.45, 7) is 0. The number of hydrogen-bond acceptors (Lipinski definition) is 4. The van der Waals surface area contributed by atoms with Crippen molar-refractivity contribution in [2.45, 2.75) is 11.3 Å². The maximum absolute atomic E-state index is 11.3. The maximum atomic E-state index is 11.3. The lowest BCUT2D eigenvalue weighted by Gasteiger charge is -2.09. The minimum atomic E-state index is -3.78. The van der Waals surface area contributed by atoms with Crippen LogP contribution in [0.4, 0.5) is 0 Å². The summed E-state index contributed by atoms with van der Waals surface area (Å²) in [5, 5.41) is 7.46. The summed E-state index contributed by atoms with van der Waals surface area (Å²) in [6.07, 6.45) is 0.0308. The molecule has 0 aromatic heterocycles. The number of methoxy groups -OCH3 is 1. The number of hydrogen-bond donors (Lipinski definition) is 2. The molecule has 17 heavy (non-hydrogen) atoms. The Bertz CT molecular complexity index is 525. The SMILES string of the molecule is CNC(=O)Cc1cc(S(N)(=O)=O)ccc1OC. The minimum absolute atomic E-state index is 0.0308. The van der Waals surface area contributed by atoms with Gasteiger partial charge in [0.25, 0.3) is 0 Å². The number of nitrogens with two attached hydrogens (primary N) is 1. The summed E-state index contributed by atoms with van der Waals surface area (Å²) in [6, 6.07) is 4.14. The fourth-order valence-corrected chi connectivity index (χ4v) is 1.90. The van der Waals surface area contributed by atoms with Gasteiger partial charge in [-0.05, 0) is 18.2 Å². The van der Waals surface area contributed by atoms with Crippen molar-refractivity contribution in [1.82, 2.24) is 5.32 Å². The summed E-state index contributed by atoms with van der Waals surface area (Å²) >= 11 is 0. The number of benzene rings is 1. The van der Waals surface area contributed by atoms with E-state index in [2.05, 4.69) is 5.32 Å². The van der Waals surface area contributed by atoms with E-state index in [1.54, 1.807) is 0 Å². The van der Waals surface area contributed by atoms with Gasteiger partial charge in [-0.25, -0.2) is 13.6 Å². The first-order chi connectivity index (χ1) is 7.88. The molecule has 1 aromatic rings. The van der Waals surface area contributed by atoms with Gasteiger partial charge in [-0.15, -0.1) is 0 Å². The Morgan fingerprint density at radius 1 is 1.47 bits per heavy atom. The van der Waals surface area contributed by atoms with Crippen molar-refractivity contribution in [3.05, 3.63) is 23.8 Å². The molecule has 1 rings (SSSR count). The normalized spacial score (nSPS) is 11.0. The molecule has 1 amide bonds. The highest BCUT2D eigenvalue weighted by atomic mass is 32.2. The number of likely N-dealkylation sites (N-methyl/N-ethyl adjacent to an activating group) is 1. The van der Waals surface area contributed by atoms with Gasteiger partial charge in [0.2, 0.25) is 15.9 Å². The Morgan fingerprint density at radius 2 is 2.12 bits per heavy atom. The van der Waals surface area contributed by atoms with Crippen LogP contribution in [0, 0.1) is 0 Å². The number of nitrogens with one attached hydrogen (secondary N) is 1. The number of amides is 1. The Balaban J connectivity index is 3.20. The molecular weight excluding hydrogens is 244 g/mol. The van der Waals surface area contributed by atoms with Crippen molar-refractivity contribution in [2.24, 2.45) is 5.14 Å². The second kappa shape index (κ2) is 5.15. The van der Waals surface area contributed by atoms with Crippen LogP contribution in [0.5, 0.6) is 5.75 Å². The van der Waals surface area contributed by atoms with Crippen molar-refractivity contribution >= 4 is 15.9 Å². The van der Waals surface area contributed by atoms with Crippen LogP contribution in [-0.4, -0.2) is 28.5 Å². The van der Waals surface area contributed by atoms with Gasteiger partial charge < -0.3 is 10.1 Å². The standard InChI is InChI=1S/C10H14N2O4S/c1-12-10(13)6-7-5-8(17(11,14)15)3-4-9(7)16-2/h3-5H,6H2,1-2H3,(H,12,13)(H2,11,14,15). The van der Waals surface area contributed by atoms with E-state index in [0.717, 1.165) is 0 Å². The van der Waals surface area contributed by atoms with Gasteiger partial charge >= 0.3 is 0 Å². The third-order valence-corrected chi connectivity index (χ3v) is 3.12. The Kier molecular flexibility index (Phi) is 4.08. The zero-order valence-electron chi connectivity index (χ0n) is 9.56. The highest BCUT2D eigenvalue weighted by molar-refractivity contribution is 7.89. The number of primary sulfonamides is 1. The van der Waals surface area contributed by atoms with Gasteiger partial charge in [0.15, 0.2) is 0 Å². The molecule has 0 aliphatic heterocycles. The Hall–Kier alpha value is -1.60. The van der Waals surface area contributed by atoms with Crippen LogP contribution < -0.4 is 15.2 Å². The van der Waals surface area contributed by atoms with Gasteiger partial charge in [-0.1, -0.05) is 0 Å². The molecular formula is C10H14N2O4S. The largest absolute Gasteiger partial charge is 0.496 e. The van der Waals surface area contributed by atoms with E-state index in [4.69, 9.17) is 9.88 Å². The first-order valence-corrected chi connectivity index (χ1v) is 6.33. The quantitative estimate of drug-likeness (QED) is 0.769. The zero-order valence-corrected chi connectivity index (χ0v) is 10.4. The van der Waals surface area contributed by atoms with Gasteiger partial charge in [0.05, 0.1) is 18.4 Å². The van der Waals surface area contributed by atoms with Gasteiger partial charge in [-0.3, -0.25) is 4.79 Å². The molecule has 0 atom stereocenters. The van der Waals surface area contributed by atoms with E-state index >= 15 is 0 Å². The highest BCUT2D eigenvalue weighted by Gasteiger charge is 2.13. The summed E-state index contributed by atoms with van der Waals surface area (Å²) in [5.74, 6) is 0.205. The lowest BCUT2D eigenvalue weighted by molar-refractivity contribution is -0.119. The van der Waals surface area contributed by atoms with Crippen molar-refractivity contribution in [1.29, 1.82) is 0 Å². The molecule has 0 bridgehead atoms. The summed E-state index contributed by atoms with van der Waals surface area (Å²) in [7, 11) is -0.838. The molecule has 0 heterocycles. The van der Waals surface area contributed by atoms with Crippen LogP contribution in [0.2, 0.25) is 0 Å². The lowest BCUT2D eigenvalue weighted by atomic mass is 10.1. The Labute approximate surface area is 99.8 Å². The van der Waals surface area contributed by atoms with Crippen LogP contribution in [0.15, 0.2) is 23.1 Å². The molecule has 6 nitrogen and oxygen atoms in total.